The van der Waals surface area contributed by atoms with Crippen molar-refractivity contribution in [1.29, 1.82) is 0 Å². The van der Waals surface area contributed by atoms with Crippen molar-refractivity contribution in [2.75, 3.05) is 10.6 Å². The average Bonchev–Trinajstić information content (AvgIpc) is 2.77. The molecule has 20 heavy (non-hydrogen) atoms. The number of aromatic nitrogens is 2. The first kappa shape index (κ1) is 14.0. The summed E-state index contributed by atoms with van der Waals surface area (Å²) < 4.78 is 14.4. The lowest BCUT2D eigenvalue weighted by atomic mass is 10.2. The number of rotatable bonds is 5. The van der Waals surface area contributed by atoms with E-state index < -0.39 is 0 Å². The lowest BCUT2D eigenvalue weighted by Gasteiger charge is -2.13. The van der Waals surface area contributed by atoms with Crippen LogP contribution in [0.4, 0.5) is 15.8 Å². The lowest BCUT2D eigenvalue weighted by Crippen LogP contribution is -2.23. The number of benzene rings is 1. The summed E-state index contributed by atoms with van der Waals surface area (Å²) in [6, 6.07) is 5.67. The van der Waals surface area contributed by atoms with Crippen LogP contribution in [0, 0.1) is 5.82 Å². The maximum atomic E-state index is 12.7. The molecule has 0 aliphatic rings. The minimum absolute atomic E-state index is 0.0281. The number of hydrogen-bond acceptors (Lipinski definition) is 3. The van der Waals surface area contributed by atoms with Crippen LogP contribution in [0.15, 0.2) is 36.7 Å². The van der Waals surface area contributed by atoms with Crippen LogP contribution in [-0.2, 0) is 11.8 Å². The van der Waals surface area contributed by atoms with Gasteiger partial charge in [0.15, 0.2) is 0 Å². The molecule has 0 saturated carbocycles. The number of aryl methyl sites for hydroxylation is 1. The fourth-order valence-corrected chi connectivity index (χ4v) is 1.85. The van der Waals surface area contributed by atoms with Crippen LogP contribution in [-0.4, -0.2) is 21.7 Å². The van der Waals surface area contributed by atoms with E-state index in [1.165, 1.54) is 24.3 Å². The SMILES string of the molecule is CC(CC(=O)Nc1ccc(F)cc1)Nc1cnn(C)c1. The van der Waals surface area contributed by atoms with Gasteiger partial charge in [0, 0.05) is 31.4 Å². The van der Waals surface area contributed by atoms with Crippen molar-refractivity contribution in [1.82, 2.24) is 9.78 Å². The lowest BCUT2D eigenvalue weighted by molar-refractivity contribution is -0.116. The Morgan fingerprint density at radius 2 is 2.05 bits per heavy atom. The third kappa shape index (κ3) is 4.08. The Hall–Kier alpha value is -2.37. The molecule has 0 radical (unpaired) electrons. The summed E-state index contributed by atoms with van der Waals surface area (Å²) in [6.45, 7) is 1.91. The molecule has 1 aromatic carbocycles. The predicted octanol–water partition coefficient (Wildman–Crippen LogP) is 2.39. The van der Waals surface area contributed by atoms with Crippen molar-refractivity contribution in [3.8, 4) is 0 Å². The second-order valence-electron chi connectivity index (χ2n) is 4.71. The molecule has 1 aromatic heterocycles. The number of nitrogens with one attached hydrogen (secondary N) is 2. The first-order chi connectivity index (χ1) is 9.52. The molecule has 2 N–H and O–H groups in total. The zero-order valence-electron chi connectivity index (χ0n) is 11.4. The molecule has 1 heterocycles. The molecule has 2 aromatic rings. The molecule has 0 spiro atoms. The van der Waals surface area contributed by atoms with Crippen molar-refractivity contribution in [3.05, 3.63) is 42.5 Å². The maximum Gasteiger partial charge on any atom is 0.226 e. The van der Waals surface area contributed by atoms with Crippen molar-refractivity contribution in [3.63, 3.8) is 0 Å². The molecule has 0 bridgehead atoms. The van der Waals surface area contributed by atoms with E-state index in [0.29, 0.717) is 12.1 Å². The van der Waals surface area contributed by atoms with Gasteiger partial charge in [-0.2, -0.15) is 5.10 Å². The monoisotopic (exact) mass is 276 g/mol. The summed E-state index contributed by atoms with van der Waals surface area (Å²) in [7, 11) is 1.83. The molecule has 2 rings (SSSR count). The Morgan fingerprint density at radius 1 is 1.35 bits per heavy atom. The summed E-state index contributed by atoms with van der Waals surface area (Å²) in [5.41, 5.74) is 1.46. The Morgan fingerprint density at radius 3 is 2.65 bits per heavy atom. The number of anilines is 2. The highest BCUT2D eigenvalue weighted by Crippen LogP contribution is 2.11. The molecule has 0 aliphatic carbocycles. The molecular weight excluding hydrogens is 259 g/mol. The van der Waals surface area contributed by atoms with Gasteiger partial charge >= 0.3 is 0 Å². The van der Waals surface area contributed by atoms with Gasteiger partial charge in [0.05, 0.1) is 11.9 Å². The van der Waals surface area contributed by atoms with Crippen LogP contribution >= 0.6 is 0 Å². The third-order valence-electron chi connectivity index (χ3n) is 2.74. The van der Waals surface area contributed by atoms with Crippen LogP contribution in [0.1, 0.15) is 13.3 Å². The summed E-state index contributed by atoms with van der Waals surface area (Å²) in [6.07, 6.45) is 3.86. The largest absolute Gasteiger partial charge is 0.380 e. The summed E-state index contributed by atoms with van der Waals surface area (Å²) in [5.74, 6) is -0.449. The topological polar surface area (TPSA) is 59.0 Å². The Labute approximate surface area is 116 Å². The molecule has 1 atom stereocenters. The fourth-order valence-electron chi connectivity index (χ4n) is 1.85. The van der Waals surface area contributed by atoms with Gasteiger partial charge in [0.1, 0.15) is 5.82 Å². The average molecular weight is 276 g/mol. The Bertz CT molecular complexity index is 579. The van der Waals surface area contributed by atoms with Gasteiger partial charge in [-0.15, -0.1) is 0 Å². The molecule has 106 valence electrons. The second kappa shape index (κ2) is 6.18. The van der Waals surface area contributed by atoms with E-state index in [4.69, 9.17) is 0 Å². The predicted molar refractivity (Wildman–Crippen MR) is 75.9 cm³/mol. The van der Waals surface area contributed by atoms with Crippen molar-refractivity contribution >= 4 is 17.3 Å². The van der Waals surface area contributed by atoms with Gasteiger partial charge in [0.25, 0.3) is 0 Å². The van der Waals surface area contributed by atoms with Gasteiger partial charge < -0.3 is 10.6 Å². The van der Waals surface area contributed by atoms with Gasteiger partial charge in [-0.3, -0.25) is 9.48 Å². The summed E-state index contributed by atoms with van der Waals surface area (Å²) in [5, 5.41) is 9.95. The first-order valence-electron chi connectivity index (χ1n) is 6.33. The van der Waals surface area contributed by atoms with Crippen molar-refractivity contribution in [2.45, 2.75) is 19.4 Å². The van der Waals surface area contributed by atoms with E-state index in [9.17, 15) is 9.18 Å². The first-order valence-corrected chi connectivity index (χ1v) is 6.33. The normalized spacial score (nSPS) is 11.9. The minimum atomic E-state index is -0.324. The highest BCUT2D eigenvalue weighted by molar-refractivity contribution is 5.91. The number of nitrogens with zero attached hydrogens (tertiary/aromatic N) is 2. The molecule has 0 saturated heterocycles. The Balaban J connectivity index is 1.83. The zero-order valence-corrected chi connectivity index (χ0v) is 11.4. The van der Waals surface area contributed by atoms with Gasteiger partial charge in [0.2, 0.25) is 5.91 Å². The number of carbonyl (C=O) groups is 1. The quantitative estimate of drug-likeness (QED) is 0.881. The van der Waals surface area contributed by atoms with Crippen LogP contribution < -0.4 is 10.6 Å². The molecule has 6 heteroatoms. The summed E-state index contributed by atoms with van der Waals surface area (Å²) >= 11 is 0. The number of amides is 1. The smallest absolute Gasteiger partial charge is 0.226 e. The Kier molecular flexibility index (Phi) is 4.34. The number of halogens is 1. The van der Waals surface area contributed by atoms with Crippen LogP contribution in [0.3, 0.4) is 0 Å². The number of carbonyl (C=O) groups excluding carboxylic acids is 1. The second-order valence-corrected chi connectivity index (χ2v) is 4.71. The molecule has 0 fully saturated rings. The molecule has 0 aliphatic heterocycles. The van der Waals surface area contributed by atoms with E-state index in [2.05, 4.69) is 15.7 Å². The van der Waals surface area contributed by atoms with Gasteiger partial charge in [-0.1, -0.05) is 0 Å². The standard InChI is InChI=1S/C14H17FN4O/c1-10(17-13-8-16-19(2)9-13)7-14(20)18-12-5-3-11(15)4-6-12/h3-6,8-10,17H,7H2,1-2H3,(H,18,20). The van der Waals surface area contributed by atoms with Crippen molar-refractivity contribution < 1.29 is 9.18 Å². The van der Waals surface area contributed by atoms with E-state index >= 15 is 0 Å². The minimum Gasteiger partial charge on any atom is -0.380 e. The highest BCUT2D eigenvalue weighted by atomic mass is 19.1. The molecular formula is C14H17FN4O. The fraction of sp³-hybridized carbons (Fsp3) is 0.286. The van der Waals surface area contributed by atoms with E-state index in [-0.39, 0.29) is 17.8 Å². The molecule has 1 amide bonds. The van der Waals surface area contributed by atoms with E-state index in [1.54, 1.807) is 10.9 Å². The van der Waals surface area contributed by atoms with Crippen LogP contribution in [0.2, 0.25) is 0 Å². The van der Waals surface area contributed by atoms with E-state index in [0.717, 1.165) is 5.69 Å². The zero-order chi connectivity index (χ0) is 14.5. The third-order valence-corrected chi connectivity index (χ3v) is 2.74. The van der Waals surface area contributed by atoms with Crippen molar-refractivity contribution in [2.24, 2.45) is 7.05 Å². The number of hydrogen-bond donors (Lipinski definition) is 2. The maximum absolute atomic E-state index is 12.7. The van der Waals surface area contributed by atoms with Crippen LogP contribution in [0.25, 0.3) is 0 Å². The van der Waals surface area contributed by atoms with E-state index in [1.807, 2.05) is 20.2 Å². The van der Waals surface area contributed by atoms with Gasteiger partial charge in [-0.25, -0.2) is 4.39 Å². The molecule has 1 unspecified atom stereocenters. The molecule has 5 nitrogen and oxygen atoms in total. The summed E-state index contributed by atoms with van der Waals surface area (Å²) in [4.78, 5) is 11.8. The van der Waals surface area contributed by atoms with Crippen LogP contribution in [0.5, 0.6) is 0 Å². The van der Waals surface area contributed by atoms with Gasteiger partial charge in [-0.05, 0) is 31.2 Å². The highest BCUT2D eigenvalue weighted by Gasteiger charge is 2.10.